The Kier molecular flexibility index (Phi) is 6.41. The van der Waals surface area contributed by atoms with Gasteiger partial charge in [0.05, 0.1) is 21.3 Å². The third-order valence-electron chi connectivity index (χ3n) is 4.70. The van der Waals surface area contributed by atoms with Crippen LogP contribution < -0.4 is 4.72 Å². The Bertz CT molecular complexity index is 1480. The number of benzene rings is 2. The largest absolute Gasteiger partial charge is 0.280 e. The summed E-state index contributed by atoms with van der Waals surface area (Å²) in [6, 6.07) is 10.5. The van der Waals surface area contributed by atoms with Crippen molar-refractivity contribution in [3.63, 3.8) is 0 Å². The second-order valence-corrected chi connectivity index (χ2v) is 11.4. The molecule has 6 nitrogen and oxygen atoms in total. The fourth-order valence-corrected chi connectivity index (χ4v) is 5.50. The molecule has 34 heavy (non-hydrogen) atoms. The van der Waals surface area contributed by atoms with Gasteiger partial charge in [-0.15, -0.1) is 11.3 Å². The Morgan fingerprint density at radius 1 is 1.03 bits per heavy atom. The third-order valence-corrected chi connectivity index (χ3v) is 7.78. The lowest BCUT2D eigenvalue weighted by atomic mass is 9.98. The molecule has 0 atom stereocenters. The number of sulfonamides is 1. The van der Waals surface area contributed by atoms with E-state index in [1.54, 1.807) is 30.5 Å². The summed E-state index contributed by atoms with van der Waals surface area (Å²) in [6.45, 7) is 6.10. The molecule has 176 valence electrons. The van der Waals surface area contributed by atoms with Crippen molar-refractivity contribution in [2.75, 3.05) is 4.72 Å². The molecule has 0 radical (unpaired) electrons. The number of aromatic nitrogens is 3. The van der Waals surface area contributed by atoms with E-state index in [9.17, 15) is 17.2 Å². The zero-order valence-electron chi connectivity index (χ0n) is 18.3. The van der Waals surface area contributed by atoms with Crippen LogP contribution >= 0.6 is 22.9 Å². The molecule has 2 aromatic heterocycles. The van der Waals surface area contributed by atoms with Crippen LogP contribution in [0, 0.1) is 11.6 Å². The first kappa shape index (κ1) is 24.2. The lowest BCUT2D eigenvalue weighted by Crippen LogP contribution is -2.15. The highest BCUT2D eigenvalue weighted by Crippen LogP contribution is 2.40. The van der Waals surface area contributed by atoms with Crippen LogP contribution in [-0.4, -0.2) is 23.4 Å². The average molecular weight is 521 g/mol. The van der Waals surface area contributed by atoms with E-state index < -0.39 is 26.6 Å². The highest BCUT2D eigenvalue weighted by molar-refractivity contribution is 7.92. The van der Waals surface area contributed by atoms with Crippen LogP contribution in [0.5, 0.6) is 0 Å². The number of nitrogens with zero attached hydrogens (tertiary/aromatic N) is 3. The first-order valence-electron chi connectivity index (χ1n) is 10.0. The molecule has 4 rings (SSSR count). The lowest BCUT2D eigenvalue weighted by molar-refractivity contribution is 0.555. The molecule has 11 heteroatoms. The SMILES string of the molecule is CC(C)(C)c1nc(-c2cccc(NS(=O)(=O)c3cc(F)ccc3F)c2)c(-c2ccnc(Cl)n2)s1. The van der Waals surface area contributed by atoms with Crippen LogP contribution in [0.25, 0.3) is 21.8 Å². The summed E-state index contributed by atoms with van der Waals surface area (Å²) in [5, 5.41) is 0.938. The average Bonchev–Trinajstić information content (AvgIpc) is 3.21. The first-order valence-corrected chi connectivity index (χ1v) is 12.7. The molecule has 4 aromatic rings. The number of halogens is 3. The topological polar surface area (TPSA) is 84.8 Å². The molecule has 0 aliphatic heterocycles. The van der Waals surface area contributed by atoms with E-state index >= 15 is 0 Å². The Morgan fingerprint density at radius 3 is 2.50 bits per heavy atom. The number of rotatable bonds is 5. The van der Waals surface area contributed by atoms with E-state index in [-0.39, 0.29) is 16.4 Å². The number of hydrogen-bond donors (Lipinski definition) is 1. The minimum Gasteiger partial charge on any atom is -0.280 e. The Balaban J connectivity index is 1.78. The molecule has 2 heterocycles. The van der Waals surface area contributed by atoms with Crippen LogP contribution in [-0.2, 0) is 15.4 Å². The second kappa shape index (κ2) is 9.01. The van der Waals surface area contributed by atoms with Crippen molar-refractivity contribution in [3.8, 4) is 21.8 Å². The summed E-state index contributed by atoms with van der Waals surface area (Å²) in [5.41, 5.74) is 1.69. The van der Waals surface area contributed by atoms with Gasteiger partial charge in [0, 0.05) is 22.9 Å². The highest BCUT2D eigenvalue weighted by atomic mass is 35.5. The fraction of sp³-hybridized carbons (Fsp3) is 0.174. The smallest absolute Gasteiger partial charge is 0.264 e. The Morgan fingerprint density at radius 2 is 1.79 bits per heavy atom. The van der Waals surface area contributed by atoms with Crippen LogP contribution in [0.15, 0.2) is 59.6 Å². The van der Waals surface area contributed by atoms with Crippen LogP contribution in [0.4, 0.5) is 14.5 Å². The van der Waals surface area contributed by atoms with E-state index in [0.29, 0.717) is 23.0 Å². The van der Waals surface area contributed by atoms with Crippen molar-refractivity contribution in [2.24, 2.45) is 0 Å². The molecule has 0 bridgehead atoms. The number of anilines is 1. The summed E-state index contributed by atoms with van der Waals surface area (Å²) in [7, 11) is -4.37. The molecule has 0 amide bonds. The van der Waals surface area contributed by atoms with E-state index in [4.69, 9.17) is 16.6 Å². The van der Waals surface area contributed by atoms with Gasteiger partial charge in [-0.1, -0.05) is 32.9 Å². The maximum atomic E-state index is 14.1. The number of thiazole rings is 1. The van der Waals surface area contributed by atoms with Gasteiger partial charge < -0.3 is 0 Å². The summed E-state index contributed by atoms with van der Waals surface area (Å²) < 4.78 is 55.4. The molecule has 0 unspecified atom stereocenters. The van der Waals surface area contributed by atoms with Gasteiger partial charge in [0.15, 0.2) is 0 Å². The van der Waals surface area contributed by atoms with Crippen LogP contribution in [0.3, 0.4) is 0 Å². The van der Waals surface area contributed by atoms with Gasteiger partial charge in [0.1, 0.15) is 16.5 Å². The minimum atomic E-state index is -4.37. The summed E-state index contributed by atoms with van der Waals surface area (Å²) in [5.74, 6) is -1.91. The molecule has 2 aromatic carbocycles. The molecule has 0 aliphatic carbocycles. The van der Waals surface area contributed by atoms with Gasteiger partial charge in [-0.3, -0.25) is 4.72 Å². The molecule has 0 saturated heterocycles. The predicted octanol–water partition coefficient (Wildman–Crippen LogP) is 6.30. The Labute approximate surface area is 204 Å². The maximum Gasteiger partial charge on any atom is 0.264 e. The van der Waals surface area contributed by atoms with Crippen molar-refractivity contribution in [3.05, 3.63) is 76.7 Å². The summed E-state index contributed by atoms with van der Waals surface area (Å²) >= 11 is 7.45. The van der Waals surface area contributed by atoms with Crippen LogP contribution in [0.1, 0.15) is 25.8 Å². The van der Waals surface area contributed by atoms with Crippen molar-refractivity contribution >= 4 is 38.6 Å². The quantitative estimate of drug-likeness (QED) is 0.312. The molecular weight excluding hydrogens is 502 g/mol. The monoisotopic (exact) mass is 520 g/mol. The molecule has 0 saturated carbocycles. The zero-order chi connectivity index (χ0) is 24.7. The first-order chi connectivity index (χ1) is 15.9. The van der Waals surface area contributed by atoms with E-state index in [1.807, 2.05) is 20.8 Å². The van der Waals surface area contributed by atoms with E-state index in [2.05, 4.69) is 14.7 Å². The second-order valence-electron chi connectivity index (χ2n) is 8.42. The highest BCUT2D eigenvalue weighted by Gasteiger charge is 2.25. The summed E-state index contributed by atoms with van der Waals surface area (Å²) in [6.07, 6.45) is 1.54. The van der Waals surface area contributed by atoms with Crippen molar-refractivity contribution in [2.45, 2.75) is 31.1 Å². The maximum absolute atomic E-state index is 14.1. The number of nitrogens with one attached hydrogen (secondary N) is 1. The normalized spacial score (nSPS) is 12.1. The molecule has 1 N–H and O–H groups in total. The predicted molar refractivity (Wildman–Crippen MR) is 129 cm³/mol. The minimum absolute atomic E-state index is 0.0905. The zero-order valence-corrected chi connectivity index (χ0v) is 20.7. The van der Waals surface area contributed by atoms with Crippen molar-refractivity contribution < 1.29 is 17.2 Å². The Hall–Kier alpha value is -2.95. The molecular formula is C23H19ClF2N4O2S2. The van der Waals surface area contributed by atoms with Gasteiger partial charge in [-0.05, 0) is 48.0 Å². The number of hydrogen-bond acceptors (Lipinski definition) is 6. The van der Waals surface area contributed by atoms with E-state index in [1.165, 1.54) is 17.4 Å². The van der Waals surface area contributed by atoms with Gasteiger partial charge in [-0.2, -0.15) is 0 Å². The lowest BCUT2D eigenvalue weighted by Gasteiger charge is -2.13. The van der Waals surface area contributed by atoms with Crippen molar-refractivity contribution in [1.29, 1.82) is 0 Å². The standard InChI is InChI=1S/C23H19ClF2N4O2S2/c1-23(2,3)21-29-19(20(33-21)17-9-10-27-22(24)28-17)13-5-4-6-15(11-13)30-34(31,32)18-12-14(25)7-8-16(18)26/h4-12,30H,1-3H3. The van der Waals surface area contributed by atoms with Gasteiger partial charge >= 0.3 is 0 Å². The fourth-order valence-electron chi connectivity index (χ4n) is 3.09. The van der Waals surface area contributed by atoms with Crippen molar-refractivity contribution in [1.82, 2.24) is 15.0 Å². The molecule has 0 aliphatic rings. The van der Waals surface area contributed by atoms with Gasteiger partial charge in [-0.25, -0.2) is 32.2 Å². The third kappa shape index (κ3) is 5.08. The summed E-state index contributed by atoms with van der Waals surface area (Å²) in [4.78, 5) is 13.0. The molecule has 0 spiro atoms. The van der Waals surface area contributed by atoms with Crippen LogP contribution in [0.2, 0.25) is 5.28 Å². The van der Waals surface area contributed by atoms with Gasteiger partial charge in [0.25, 0.3) is 10.0 Å². The molecule has 0 fully saturated rings. The van der Waals surface area contributed by atoms with Gasteiger partial charge in [0.2, 0.25) is 5.28 Å². The van der Waals surface area contributed by atoms with E-state index in [0.717, 1.165) is 22.0 Å².